The molecular weight excluding hydrogens is 356 g/mol. The highest BCUT2D eigenvalue weighted by molar-refractivity contribution is 6.32. The summed E-state index contributed by atoms with van der Waals surface area (Å²) < 4.78 is 10.4. The summed E-state index contributed by atoms with van der Waals surface area (Å²) in [5.74, 6) is 0.540. The topological polar surface area (TPSA) is 67.9 Å². The molecule has 26 heavy (non-hydrogen) atoms. The number of carbonyl (C=O) groups is 2. The van der Waals surface area contributed by atoms with Crippen LogP contribution in [-0.2, 0) is 11.3 Å². The molecule has 1 fully saturated rings. The van der Waals surface area contributed by atoms with E-state index in [0.29, 0.717) is 22.1 Å². The minimum absolute atomic E-state index is 0.153. The van der Waals surface area contributed by atoms with E-state index in [-0.39, 0.29) is 12.2 Å². The van der Waals surface area contributed by atoms with Crippen molar-refractivity contribution in [3.63, 3.8) is 0 Å². The maximum absolute atomic E-state index is 12.6. The normalized spacial score (nSPS) is 15.3. The van der Waals surface area contributed by atoms with E-state index in [4.69, 9.17) is 21.1 Å². The van der Waals surface area contributed by atoms with Crippen LogP contribution in [0.5, 0.6) is 11.5 Å². The van der Waals surface area contributed by atoms with Crippen molar-refractivity contribution in [3.05, 3.63) is 64.3 Å². The molecule has 0 aliphatic carbocycles. The van der Waals surface area contributed by atoms with Crippen LogP contribution in [0.25, 0.3) is 6.08 Å². The van der Waals surface area contributed by atoms with Crippen LogP contribution < -0.4 is 14.8 Å². The second-order valence-corrected chi connectivity index (χ2v) is 6.00. The molecule has 3 rings (SSSR count). The third-order valence-corrected chi connectivity index (χ3v) is 4.28. The monoisotopic (exact) mass is 372 g/mol. The fourth-order valence-corrected chi connectivity index (χ4v) is 2.83. The lowest BCUT2D eigenvalue weighted by Crippen LogP contribution is -2.30. The molecule has 134 valence electrons. The van der Waals surface area contributed by atoms with Gasteiger partial charge in [-0.1, -0.05) is 41.9 Å². The second kappa shape index (κ2) is 7.49. The first-order chi connectivity index (χ1) is 12.5. The Bertz CT molecular complexity index is 881. The van der Waals surface area contributed by atoms with Crippen molar-refractivity contribution in [1.82, 2.24) is 10.2 Å². The fraction of sp³-hybridized carbons (Fsp3) is 0.158. The predicted molar refractivity (Wildman–Crippen MR) is 98.1 cm³/mol. The third kappa shape index (κ3) is 3.50. The summed E-state index contributed by atoms with van der Waals surface area (Å²) >= 11 is 6.25. The number of amides is 3. The number of nitrogens with one attached hydrogen (secondary N) is 1. The Hall–Kier alpha value is -2.99. The lowest BCUT2D eigenvalue weighted by Gasteiger charge is -2.11. The lowest BCUT2D eigenvalue weighted by molar-refractivity contribution is -0.123. The van der Waals surface area contributed by atoms with Gasteiger partial charge in [-0.25, -0.2) is 4.79 Å². The van der Waals surface area contributed by atoms with Crippen molar-refractivity contribution in [2.45, 2.75) is 6.54 Å². The summed E-state index contributed by atoms with van der Waals surface area (Å²) in [6.07, 6.45) is 1.52. The highest BCUT2D eigenvalue weighted by Crippen LogP contribution is 2.34. The van der Waals surface area contributed by atoms with Crippen molar-refractivity contribution in [1.29, 1.82) is 0 Å². The van der Waals surface area contributed by atoms with E-state index in [0.717, 1.165) is 10.5 Å². The summed E-state index contributed by atoms with van der Waals surface area (Å²) in [7, 11) is 3.02. The van der Waals surface area contributed by atoms with Gasteiger partial charge in [-0.3, -0.25) is 9.69 Å². The number of nitrogens with zero attached hydrogens (tertiary/aromatic N) is 1. The first-order valence-corrected chi connectivity index (χ1v) is 8.21. The van der Waals surface area contributed by atoms with Crippen molar-refractivity contribution in [3.8, 4) is 11.5 Å². The molecule has 0 radical (unpaired) electrons. The minimum atomic E-state index is -0.471. The van der Waals surface area contributed by atoms with Crippen LogP contribution in [0.15, 0.2) is 48.2 Å². The van der Waals surface area contributed by atoms with Crippen LogP contribution in [0.3, 0.4) is 0 Å². The smallest absolute Gasteiger partial charge is 0.329 e. The number of benzene rings is 2. The van der Waals surface area contributed by atoms with Gasteiger partial charge in [0.15, 0.2) is 11.5 Å². The summed E-state index contributed by atoms with van der Waals surface area (Å²) in [4.78, 5) is 25.9. The van der Waals surface area contributed by atoms with Gasteiger partial charge in [0.05, 0.1) is 25.8 Å². The Morgan fingerprint density at radius 2 is 1.73 bits per heavy atom. The van der Waals surface area contributed by atoms with E-state index in [1.165, 1.54) is 20.3 Å². The summed E-state index contributed by atoms with van der Waals surface area (Å²) in [5.41, 5.74) is 1.55. The maximum Gasteiger partial charge on any atom is 0.329 e. The molecule has 0 unspecified atom stereocenters. The minimum Gasteiger partial charge on any atom is -0.493 e. The molecule has 0 atom stereocenters. The zero-order chi connectivity index (χ0) is 18.7. The number of urea groups is 1. The maximum atomic E-state index is 12.6. The van der Waals surface area contributed by atoms with Gasteiger partial charge < -0.3 is 14.8 Å². The number of halogens is 1. The van der Waals surface area contributed by atoms with Crippen LogP contribution in [0.1, 0.15) is 11.1 Å². The van der Waals surface area contributed by atoms with Gasteiger partial charge in [0.1, 0.15) is 5.70 Å². The molecule has 1 aliphatic heterocycles. The molecule has 0 aromatic heterocycles. The largest absolute Gasteiger partial charge is 0.493 e. The number of methoxy groups -OCH3 is 2. The first kappa shape index (κ1) is 17.8. The van der Waals surface area contributed by atoms with Crippen molar-refractivity contribution in [2.24, 2.45) is 0 Å². The van der Waals surface area contributed by atoms with Crippen LogP contribution in [0.4, 0.5) is 4.79 Å². The highest BCUT2D eigenvalue weighted by atomic mass is 35.5. The first-order valence-electron chi connectivity index (χ1n) is 7.83. The molecule has 2 aromatic rings. The Balaban J connectivity index is 1.88. The van der Waals surface area contributed by atoms with E-state index in [1.807, 2.05) is 30.3 Å². The van der Waals surface area contributed by atoms with E-state index < -0.39 is 11.9 Å². The number of hydrogen-bond donors (Lipinski definition) is 1. The van der Waals surface area contributed by atoms with E-state index in [9.17, 15) is 9.59 Å². The molecule has 1 saturated heterocycles. The van der Waals surface area contributed by atoms with Gasteiger partial charge in [0, 0.05) is 6.07 Å². The highest BCUT2D eigenvalue weighted by Gasteiger charge is 2.33. The molecule has 0 saturated carbocycles. The Kier molecular flexibility index (Phi) is 5.14. The molecule has 1 N–H and O–H groups in total. The van der Waals surface area contributed by atoms with Crippen molar-refractivity contribution >= 4 is 29.6 Å². The lowest BCUT2D eigenvalue weighted by atomic mass is 10.1. The number of carbonyl (C=O) groups excluding carboxylic acids is 2. The average Bonchev–Trinajstić information content (AvgIpc) is 2.91. The second-order valence-electron chi connectivity index (χ2n) is 5.59. The predicted octanol–water partition coefficient (Wildman–Crippen LogP) is 3.45. The van der Waals surface area contributed by atoms with Crippen LogP contribution >= 0.6 is 11.6 Å². The van der Waals surface area contributed by atoms with Gasteiger partial charge >= 0.3 is 6.03 Å². The van der Waals surface area contributed by atoms with Crippen molar-refractivity contribution in [2.75, 3.05) is 14.2 Å². The van der Waals surface area contributed by atoms with Gasteiger partial charge in [-0.05, 0) is 23.3 Å². The van der Waals surface area contributed by atoms with E-state index in [2.05, 4.69) is 5.32 Å². The molecule has 0 bridgehead atoms. The third-order valence-electron chi connectivity index (χ3n) is 3.95. The zero-order valence-corrected chi connectivity index (χ0v) is 15.0. The van der Waals surface area contributed by atoms with Crippen LogP contribution in [0.2, 0.25) is 5.02 Å². The Morgan fingerprint density at radius 3 is 2.38 bits per heavy atom. The van der Waals surface area contributed by atoms with E-state index in [1.54, 1.807) is 12.1 Å². The average molecular weight is 373 g/mol. The SMILES string of the molecule is COc1cc(Cl)c(/C=C2/NC(=O)N(Cc3ccccc3)C2=O)cc1OC. The summed E-state index contributed by atoms with van der Waals surface area (Å²) in [6, 6.07) is 12.1. The number of hydrogen-bond acceptors (Lipinski definition) is 4. The number of rotatable bonds is 5. The van der Waals surface area contributed by atoms with Crippen LogP contribution in [-0.4, -0.2) is 31.1 Å². The quantitative estimate of drug-likeness (QED) is 0.644. The molecule has 0 spiro atoms. The van der Waals surface area contributed by atoms with Crippen molar-refractivity contribution < 1.29 is 19.1 Å². The molecule has 3 amide bonds. The fourth-order valence-electron chi connectivity index (χ4n) is 2.62. The molecule has 2 aromatic carbocycles. The molecule has 7 heteroatoms. The summed E-state index contributed by atoms with van der Waals surface area (Å²) in [6.45, 7) is 0.197. The molecule has 1 aliphatic rings. The molecule has 6 nitrogen and oxygen atoms in total. The number of imide groups is 1. The van der Waals surface area contributed by atoms with Gasteiger partial charge in [-0.2, -0.15) is 0 Å². The van der Waals surface area contributed by atoms with Gasteiger partial charge in [-0.15, -0.1) is 0 Å². The summed E-state index contributed by atoms with van der Waals surface area (Å²) in [5, 5.41) is 2.96. The zero-order valence-electron chi connectivity index (χ0n) is 14.3. The van der Waals surface area contributed by atoms with Gasteiger partial charge in [0.2, 0.25) is 0 Å². The standard InChI is InChI=1S/C19H17ClN2O4/c1-25-16-9-13(14(20)10-17(16)26-2)8-15-18(23)22(19(24)21-15)11-12-6-4-3-5-7-12/h3-10H,11H2,1-2H3,(H,21,24)/b15-8+. The van der Waals surface area contributed by atoms with Gasteiger partial charge in [0.25, 0.3) is 5.91 Å². The Morgan fingerprint density at radius 1 is 1.08 bits per heavy atom. The molecular formula is C19H17ClN2O4. The Labute approximate surface area is 156 Å². The van der Waals surface area contributed by atoms with E-state index >= 15 is 0 Å². The molecule has 1 heterocycles. The van der Waals surface area contributed by atoms with Crippen LogP contribution in [0, 0.1) is 0 Å². The number of ether oxygens (including phenoxy) is 2.